The maximum Gasteiger partial charge on any atom is 0.233 e. The first-order valence-electron chi connectivity index (χ1n) is 8.66. The van der Waals surface area contributed by atoms with Gasteiger partial charge in [0.15, 0.2) is 0 Å². The van der Waals surface area contributed by atoms with E-state index in [0.29, 0.717) is 0 Å². The normalized spacial score (nSPS) is 19.4. The molecule has 2 aromatic carbocycles. The number of ether oxygens (including phenoxy) is 1. The molecule has 3 nitrogen and oxygen atoms in total. The van der Waals surface area contributed by atoms with Crippen LogP contribution >= 0.6 is 11.8 Å². The average molecular weight is 356 g/mol. The molecule has 3 rings (SSSR count). The van der Waals surface area contributed by atoms with Crippen LogP contribution in [-0.4, -0.2) is 16.8 Å². The van der Waals surface area contributed by atoms with Gasteiger partial charge in [-0.3, -0.25) is 4.79 Å². The van der Waals surface area contributed by atoms with Crippen molar-refractivity contribution in [3.05, 3.63) is 59.7 Å². The molecular weight excluding hydrogens is 330 g/mol. The van der Waals surface area contributed by atoms with E-state index in [1.54, 1.807) is 11.8 Å². The van der Waals surface area contributed by atoms with Crippen molar-refractivity contribution in [3.8, 4) is 5.75 Å². The van der Waals surface area contributed by atoms with Crippen LogP contribution < -0.4 is 10.1 Å². The zero-order chi connectivity index (χ0) is 18.0. The highest BCUT2D eigenvalue weighted by Gasteiger charge is 2.35. The lowest BCUT2D eigenvalue weighted by atomic mass is 9.89. The first kappa shape index (κ1) is 17.9. The summed E-state index contributed by atoms with van der Waals surface area (Å²) in [7, 11) is 0. The van der Waals surface area contributed by atoms with Crippen molar-refractivity contribution in [2.24, 2.45) is 0 Å². The van der Waals surface area contributed by atoms with Gasteiger partial charge in [0.1, 0.15) is 11.4 Å². The Balaban J connectivity index is 1.75. The summed E-state index contributed by atoms with van der Waals surface area (Å²) in [4.78, 5) is 13.9. The summed E-state index contributed by atoms with van der Waals surface area (Å²) in [6.07, 6.45) is 0.762. The number of amides is 1. The molecule has 1 aliphatic heterocycles. The van der Waals surface area contributed by atoms with E-state index >= 15 is 0 Å². The molecule has 0 saturated heterocycles. The molecule has 1 aliphatic rings. The van der Waals surface area contributed by atoms with E-state index < -0.39 is 0 Å². The zero-order valence-corrected chi connectivity index (χ0v) is 16.0. The fourth-order valence-electron chi connectivity index (χ4n) is 3.15. The number of aryl methyl sites for hydroxylation is 1. The lowest BCUT2D eigenvalue weighted by molar-refractivity contribution is -0.121. The quantitative estimate of drug-likeness (QED) is 0.793. The number of carbonyl (C=O) groups is 1. The fraction of sp³-hybridized carbons (Fsp3) is 0.381. The monoisotopic (exact) mass is 355 g/mol. The van der Waals surface area contributed by atoms with E-state index in [0.717, 1.165) is 22.6 Å². The minimum atomic E-state index is -0.296. The van der Waals surface area contributed by atoms with Gasteiger partial charge in [-0.05, 0) is 45.9 Å². The molecule has 0 fully saturated rings. The molecule has 0 aromatic heterocycles. The lowest BCUT2D eigenvalue weighted by Gasteiger charge is -2.38. The van der Waals surface area contributed by atoms with Gasteiger partial charge >= 0.3 is 0 Å². The Morgan fingerprint density at radius 1 is 1.24 bits per heavy atom. The van der Waals surface area contributed by atoms with Gasteiger partial charge < -0.3 is 10.1 Å². The predicted octanol–water partition coefficient (Wildman–Crippen LogP) is 4.89. The Kier molecular flexibility index (Phi) is 5.09. The van der Waals surface area contributed by atoms with Crippen molar-refractivity contribution in [1.29, 1.82) is 0 Å². The predicted molar refractivity (Wildman–Crippen MR) is 103 cm³/mol. The minimum Gasteiger partial charge on any atom is -0.487 e. The fourth-order valence-corrected chi connectivity index (χ4v) is 4.05. The Hall–Kier alpha value is -1.94. The SMILES string of the molecule is Cc1ccc2c(c1)[C@H](NC(=O)[C@@H](C)Sc1ccccc1)CC(C)(C)O2. The van der Waals surface area contributed by atoms with Gasteiger partial charge in [0.2, 0.25) is 5.91 Å². The Labute approximate surface area is 154 Å². The lowest BCUT2D eigenvalue weighted by Crippen LogP contribution is -2.43. The smallest absolute Gasteiger partial charge is 0.233 e. The highest BCUT2D eigenvalue weighted by atomic mass is 32.2. The number of thioether (sulfide) groups is 1. The van der Waals surface area contributed by atoms with Crippen molar-refractivity contribution in [2.75, 3.05) is 0 Å². The van der Waals surface area contributed by atoms with Crippen molar-refractivity contribution < 1.29 is 9.53 Å². The second-order valence-electron chi connectivity index (χ2n) is 7.24. The molecule has 2 atom stereocenters. The third-order valence-electron chi connectivity index (χ3n) is 4.36. The third kappa shape index (κ3) is 4.37. The number of nitrogens with one attached hydrogen (secondary N) is 1. The third-order valence-corrected chi connectivity index (χ3v) is 5.48. The highest BCUT2D eigenvalue weighted by molar-refractivity contribution is 8.00. The molecule has 0 unspecified atom stereocenters. The van der Waals surface area contributed by atoms with Crippen LogP contribution in [0, 0.1) is 6.92 Å². The minimum absolute atomic E-state index is 0.0232. The van der Waals surface area contributed by atoms with Crippen LogP contribution in [0.4, 0.5) is 0 Å². The first-order valence-corrected chi connectivity index (χ1v) is 9.54. The van der Waals surface area contributed by atoms with E-state index in [1.807, 2.05) is 49.4 Å². The summed E-state index contributed by atoms with van der Waals surface area (Å²) in [6.45, 7) is 8.15. The van der Waals surface area contributed by atoms with Crippen molar-refractivity contribution in [2.45, 2.75) is 55.9 Å². The van der Waals surface area contributed by atoms with Crippen LogP contribution in [0.5, 0.6) is 5.75 Å². The van der Waals surface area contributed by atoms with Gasteiger partial charge in [-0.1, -0.05) is 35.9 Å². The van der Waals surface area contributed by atoms with E-state index in [4.69, 9.17) is 4.74 Å². The van der Waals surface area contributed by atoms with Crippen LogP contribution in [0.1, 0.15) is 44.4 Å². The van der Waals surface area contributed by atoms with E-state index in [1.165, 1.54) is 5.56 Å². The van der Waals surface area contributed by atoms with Gasteiger partial charge in [0, 0.05) is 16.9 Å². The van der Waals surface area contributed by atoms with Gasteiger partial charge in [0.25, 0.3) is 0 Å². The molecule has 0 aliphatic carbocycles. The van der Waals surface area contributed by atoms with Gasteiger partial charge in [-0.2, -0.15) is 0 Å². The Morgan fingerprint density at radius 3 is 2.68 bits per heavy atom. The number of benzene rings is 2. The molecule has 2 aromatic rings. The van der Waals surface area contributed by atoms with E-state index in [2.05, 4.69) is 32.2 Å². The maximum atomic E-state index is 12.7. The molecule has 0 saturated carbocycles. The summed E-state index contributed by atoms with van der Waals surface area (Å²) in [5, 5.41) is 3.09. The molecular formula is C21H25NO2S. The average Bonchev–Trinajstić information content (AvgIpc) is 2.55. The number of hydrogen-bond donors (Lipinski definition) is 1. The number of fused-ring (bicyclic) bond motifs is 1. The maximum absolute atomic E-state index is 12.7. The summed E-state index contributed by atoms with van der Waals surface area (Å²) in [6, 6.07) is 16.2. The summed E-state index contributed by atoms with van der Waals surface area (Å²) in [5.41, 5.74) is 1.95. The van der Waals surface area contributed by atoms with Crippen molar-refractivity contribution >= 4 is 17.7 Å². The molecule has 132 valence electrons. The van der Waals surface area contributed by atoms with Crippen molar-refractivity contribution in [1.82, 2.24) is 5.32 Å². The highest BCUT2D eigenvalue weighted by Crippen LogP contribution is 2.40. The Bertz CT molecular complexity index is 758. The summed E-state index contributed by atoms with van der Waals surface area (Å²) in [5.74, 6) is 0.930. The largest absolute Gasteiger partial charge is 0.487 e. The zero-order valence-electron chi connectivity index (χ0n) is 15.2. The van der Waals surface area contributed by atoms with E-state index in [-0.39, 0.29) is 22.8 Å². The summed E-state index contributed by atoms with van der Waals surface area (Å²) >= 11 is 1.58. The first-order chi connectivity index (χ1) is 11.8. The number of hydrogen-bond acceptors (Lipinski definition) is 3. The van der Waals surface area contributed by atoms with Gasteiger partial charge in [-0.25, -0.2) is 0 Å². The van der Waals surface area contributed by atoms with Crippen LogP contribution in [-0.2, 0) is 4.79 Å². The van der Waals surface area contributed by atoms with E-state index in [9.17, 15) is 4.79 Å². The number of rotatable bonds is 4. The van der Waals surface area contributed by atoms with Gasteiger partial charge in [-0.15, -0.1) is 11.8 Å². The topological polar surface area (TPSA) is 38.3 Å². The molecule has 0 spiro atoms. The van der Waals surface area contributed by atoms with Gasteiger partial charge in [0.05, 0.1) is 11.3 Å². The van der Waals surface area contributed by atoms with Crippen LogP contribution in [0.3, 0.4) is 0 Å². The van der Waals surface area contributed by atoms with Crippen LogP contribution in [0.2, 0.25) is 0 Å². The summed E-state index contributed by atoms with van der Waals surface area (Å²) < 4.78 is 6.09. The Morgan fingerprint density at radius 2 is 1.96 bits per heavy atom. The molecule has 1 amide bonds. The van der Waals surface area contributed by atoms with Crippen LogP contribution in [0.25, 0.3) is 0 Å². The standard InChI is InChI=1S/C21H25NO2S/c1-14-10-11-19-17(12-14)18(13-21(3,4)24-19)22-20(23)15(2)25-16-8-6-5-7-9-16/h5-12,15,18H,13H2,1-4H3,(H,22,23)/t15-,18-/m1/s1. The molecule has 25 heavy (non-hydrogen) atoms. The molecule has 1 heterocycles. The number of carbonyl (C=O) groups excluding carboxylic acids is 1. The molecule has 0 radical (unpaired) electrons. The molecule has 4 heteroatoms. The molecule has 1 N–H and O–H groups in total. The second kappa shape index (κ2) is 7.12. The van der Waals surface area contributed by atoms with Crippen LogP contribution in [0.15, 0.2) is 53.4 Å². The van der Waals surface area contributed by atoms with Crippen molar-refractivity contribution in [3.63, 3.8) is 0 Å². The second-order valence-corrected chi connectivity index (χ2v) is 8.66. The molecule has 0 bridgehead atoms.